The summed E-state index contributed by atoms with van der Waals surface area (Å²) >= 11 is 0. The first-order chi connectivity index (χ1) is 15.1. The summed E-state index contributed by atoms with van der Waals surface area (Å²) < 4.78 is 8.35. The molecule has 2 aromatic carbocycles. The number of ether oxygens (including phenoxy) is 1. The van der Waals surface area contributed by atoms with E-state index in [4.69, 9.17) is 4.74 Å². The van der Waals surface area contributed by atoms with Crippen LogP contribution in [0, 0.1) is 5.92 Å². The minimum absolute atomic E-state index is 0.128. The number of carbonyl (C=O) groups is 1. The Hall–Kier alpha value is -2.59. The summed E-state index contributed by atoms with van der Waals surface area (Å²) in [6.45, 7) is 5.58. The van der Waals surface area contributed by atoms with Crippen LogP contribution < -0.4 is 0 Å². The lowest BCUT2D eigenvalue weighted by molar-refractivity contribution is -0.148. The van der Waals surface area contributed by atoms with Gasteiger partial charge in [-0.2, -0.15) is 0 Å². The van der Waals surface area contributed by atoms with Crippen LogP contribution in [0.15, 0.2) is 60.7 Å². The average Bonchev–Trinajstić information content (AvgIpc) is 3.18. The summed E-state index contributed by atoms with van der Waals surface area (Å²) in [5.74, 6) is 0.483. The van der Waals surface area contributed by atoms with Crippen molar-refractivity contribution >= 4 is 16.8 Å². The van der Waals surface area contributed by atoms with Crippen LogP contribution in [0.1, 0.15) is 45.6 Å². The van der Waals surface area contributed by atoms with Crippen molar-refractivity contribution in [2.45, 2.75) is 57.8 Å². The summed E-state index contributed by atoms with van der Waals surface area (Å²) in [6.07, 6.45) is 4.27. The van der Waals surface area contributed by atoms with Gasteiger partial charge >= 0.3 is 0 Å². The molecule has 0 spiro atoms. The topological polar surface area (TPSA) is 34.5 Å². The second-order valence-corrected chi connectivity index (χ2v) is 9.33. The first-order valence-electron chi connectivity index (χ1n) is 11.7. The minimum Gasteiger partial charge on any atom is -0.372 e. The summed E-state index contributed by atoms with van der Waals surface area (Å²) in [5, 5.41) is 1.29. The van der Waals surface area contributed by atoms with Gasteiger partial charge in [0.05, 0.1) is 12.2 Å². The molecular formula is C27H32N2O2. The molecule has 1 aliphatic heterocycles. The summed E-state index contributed by atoms with van der Waals surface area (Å²) in [4.78, 5) is 15.2. The van der Waals surface area contributed by atoms with Gasteiger partial charge < -0.3 is 14.2 Å². The summed E-state index contributed by atoms with van der Waals surface area (Å²) in [7, 11) is 0. The maximum Gasteiger partial charge on any atom is 0.225 e. The van der Waals surface area contributed by atoms with Gasteiger partial charge in [0.1, 0.15) is 0 Å². The smallest absolute Gasteiger partial charge is 0.225 e. The van der Waals surface area contributed by atoms with E-state index in [1.807, 2.05) is 4.90 Å². The zero-order chi connectivity index (χ0) is 21.4. The minimum atomic E-state index is 0.128. The van der Waals surface area contributed by atoms with Gasteiger partial charge in [0.15, 0.2) is 0 Å². The molecule has 4 heteroatoms. The predicted molar refractivity (Wildman–Crippen MR) is 125 cm³/mol. The van der Waals surface area contributed by atoms with Crippen LogP contribution in [-0.2, 0) is 9.53 Å². The number of aromatic nitrogens is 1. The molecule has 3 aromatic rings. The second kappa shape index (κ2) is 8.51. The lowest BCUT2D eigenvalue weighted by Gasteiger charge is -2.39. The van der Waals surface area contributed by atoms with E-state index in [9.17, 15) is 4.79 Å². The van der Waals surface area contributed by atoms with E-state index in [1.165, 1.54) is 22.2 Å². The molecule has 2 atom stereocenters. The third kappa shape index (κ3) is 4.01. The number of nitrogens with zero attached hydrogens (tertiary/aromatic N) is 2. The van der Waals surface area contributed by atoms with Crippen molar-refractivity contribution in [3.63, 3.8) is 0 Å². The first kappa shape index (κ1) is 20.3. The van der Waals surface area contributed by atoms with Gasteiger partial charge in [-0.1, -0.05) is 48.5 Å². The zero-order valence-corrected chi connectivity index (χ0v) is 18.5. The third-order valence-corrected chi connectivity index (χ3v) is 6.96. The highest BCUT2D eigenvalue weighted by molar-refractivity contribution is 5.87. The standard InChI is InChI=1S/C27H32N2O2/c1-19-17-28(18-20(2)31-19)27(30)22-12-14-24(15-13-22)29-25-11-7-6-10-23(25)16-26(29)21-8-4-3-5-9-21/h3-11,16,19-20,22,24H,12-15,17-18H2,1-2H3/t19-,20+,22?,24?. The Bertz CT molecular complexity index is 1040. The molecule has 2 aliphatic rings. The molecule has 1 aliphatic carbocycles. The van der Waals surface area contributed by atoms with E-state index in [2.05, 4.69) is 79.1 Å². The van der Waals surface area contributed by atoms with Crippen molar-refractivity contribution < 1.29 is 9.53 Å². The van der Waals surface area contributed by atoms with Crippen LogP contribution in [0.5, 0.6) is 0 Å². The number of benzene rings is 2. The average molecular weight is 417 g/mol. The van der Waals surface area contributed by atoms with Crippen molar-refractivity contribution in [1.82, 2.24) is 9.47 Å². The van der Waals surface area contributed by atoms with E-state index >= 15 is 0 Å². The van der Waals surface area contributed by atoms with Crippen LogP contribution in [0.2, 0.25) is 0 Å². The van der Waals surface area contributed by atoms with E-state index in [0.29, 0.717) is 11.9 Å². The normalized spacial score (nSPS) is 26.8. The highest BCUT2D eigenvalue weighted by atomic mass is 16.5. The number of amides is 1. The maximum atomic E-state index is 13.2. The lowest BCUT2D eigenvalue weighted by Crippen LogP contribution is -2.50. The largest absolute Gasteiger partial charge is 0.372 e. The molecule has 2 heterocycles. The number of hydrogen-bond acceptors (Lipinski definition) is 2. The monoisotopic (exact) mass is 416 g/mol. The number of fused-ring (bicyclic) bond motifs is 1. The van der Waals surface area contributed by atoms with Crippen molar-refractivity contribution in [3.05, 3.63) is 60.7 Å². The SMILES string of the molecule is C[C@@H]1CN(C(=O)C2CCC(n3c(-c4ccccc4)cc4ccccc43)CC2)C[C@H](C)O1. The van der Waals surface area contributed by atoms with Crippen LogP contribution >= 0.6 is 0 Å². The summed E-state index contributed by atoms with van der Waals surface area (Å²) in [6, 6.07) is 22.1. The number of carbonyl (C=O) groups excluding carboxylic acids is 1. The molecule has 1 aromatic heterocycles. The van der Waals surface area contributed by atoms with E-state index in [0.717, 1.165) is 38.8 Å². The predicted octanol–water partition coefficient (Wildman–Crippen LogP) is 5.68. The molecular weight excluding hydrogens is 384 g/mol. The van der Waals surface area contributed by atoms with Crippen molar-refractivity contribution in [3.8, 4) is 11.3 Å². The Kier molecular flexibility index (Phi) is 5.58. The Morgan fingerprint density at radius 3 is 2.23 bits per heavy atom. The van der Waals surface area contributed by atoms with Crippen molar-refractivity contribution in [2.24, 2.45) is 5.92 Å². The van der Waals surface area contributed by atoms with Crippen LogP contribution in [0.3, 0.4) is 0 Å². The third-order valence-electron chi connectivity index (χ3n) is 6.96. The van der Waals surface area contributed by atoms with Crippen molar-refractivity contribution in [2.75, 3.05) is 13.1 Å². The van der Waals surface area contributed by atoms with Gasteiger partial charge in [-0.05, 0) is 57.2 Å². The van der Waals surface area contributed by atoms with E-state index in [-0.39, 0.29) is 18.1 Å². The number of rotatable bonds is 3. The molecule has 0 N–H and O–H groups in total. The molecule has 1 saturated carbocycles. The Labute approximate surface area is 184 Å². The molecule has 31 heavy (non-hydrogen) atoms. The highest BCUT2D eigenvalue weighted by Crippen LogP contribution is 2.39. The number of para-hydroxylation sites is 1. The maximum absolute atomic E-state index is 13.2. The Morgan fingerprint density at radius 2 is 1.52 bits per heavy atom. The van der Waals surface area contributed by atoms with Gasteiger partial charge in [0.25, 0.3) is 0 Å². The molecule has 2 fully saturated rings. The van der Waals surface area contributed by atoms with E-state index < -0.39 is 0 Å². The molecule has 0 unspecified atom stereocenters. The van der Waals surface area contributed by atoms with Crippen LogP contribution in [0.25, 0.3) is 22.2 Å². The second-order valence-electron chi connectivity index (χ2n) is 9.33. The number of morpholine rings is 1. The zero-order valence-electron chi connectivity index (χ0n) is 18.5. The molecule has 1 amide bonds. The Balaban J connectivity index is 1.37. The lowest BCUT2D eigenvalue weighted by atomic mass is 9.84. The van der Waals surface area contributed by atoms with Gasteiger partial charge in [-0.3, -0.25) is 4.79 Å². The molecule has 1 saturated heterocycles. The Morgan fingerprint density at radius 1 is 0.871 bits per heavy atom. The van der Waals surface area contributed by atoms with Crippen LogP contribution in [-0.4, -0.2) is 40.7 Å². The molecule has 0 bridgehead atoms. The highest BCUT2D eigenvalue weighted by Gasteiger charge is 2.34. The van der Waals surface area contributed by atoms with Gasteiger partial charge in [-0.15, -0.1) is 0 Å². The molecule has 4 nitrogen and oxygen atoms in total. The molecule has 5 rings (SSSR count). The fourth-order valence-corrected chi connectivity index (χ4v) is 5.60. The van der Waals surface area contributed by atoms with Gasteiger partial charge in [-0.25, -0.2) is 0 Å². The molecule has 162 valence electrons. The molecule has 0 radical (unpaired) electrons. The fourth-order valence-electron chi connectivity index (χ4n) is 5.60. The van der Waals surface area contributed by atoms with Crippen molar-refractivity contribution in [1.29, 1.82) is 0 Å². The van der Waals surface area contributed by atoms with Gasteiger partial charge in [0.2, 0.25) is 5.91 Å². The summed E-state index contributed by atoms with van der Waals surface area (Å²) in [5.41, 5.74) is 3.84. The quantitative estimate of drug-likeness (QED) is 0.551. The number of hydrogen-bond donors (Lipinski definition) is 0. The first-order valence-corrected chi connectivity index (χ1v) is 11.7. The van der Waals surface area contributed by atoms with E-state index in [1.54, 1.807) is 0 Å². The fraction of sp³-hybridized carbons (Fsp3) is 0.444. The van der Waals surface area contributed by atoms with Gasteiger partial charge in [0, 0.05) is 41.6 Å². The van der Waals surface area contributed by atoms with Crippen LogP contribution in [0.4, 0.5) is 0 Å².